The third kappa shape index (κ3) is 2.08. The van der Waals surface area contributed by atoms with Crippen molar-refractivity contribution in [3.8, 4) is 22.4 Å². The number of ether oxygens (including phenoxy) is 1. The van der Waals surface area contributed by atoms with Gasteiger partial charge in [0, 0.05) is 5.56 Å². The molecule has 0 fully saturated rings. The van der Waals surface area contributed by atoms with E-state index in [9.17, 15) is 0 Å². The Hall–Kier alpha value is -1.38. The number of aromatic nitrogens is 1. The van der Waals surface area contributed by atoms with E-state index in [1.54, 1.807) is 7.11 Å². The molecule has 2 aromatic rings. The fourth-order valence-corrected chi connectivity index (χ4v) is 2.61. The van der Waals surface area contributed by atoms with Gasteiger partial charge in [0.25, 0.3) is 0 Å². The lowest BCUT2D eigenvalue weighted by molar-refractivity contribution is 0.415. The minimum atomic E-state index is 0.427. The number of hydrogen-bond acceptors (Lipinski definition) is 4. The van der Waals surface area contributed by atoms with Crippen molar-refractivity contribution >= 4 is 27.3 Å². The summed E-state index contributed by atoms with van der Waals surface area (Å²) in [7, 11) is 1.63. The SMILES string of the molecule is COc1ccc(-c2nc(C#N)c(Br)s2)cc1. The molecule has 0 aliphatic heterocycles. The van der Waals surface area contributed by atoms with Crippen LogP contribution in [0.1, 0.15) is 5.69 Å². The molecule has 1 heterocycles. The second-order valence-corrected chi connectivity index (χ2v) is 5.30. The highest BCUT2D eigenvalue weighted by molar-refractivity contribution is 9.11. The van der Waals surface area contributed by atoms with Crippen molar-refractivity contribution < 1.29 is 4.74 Å². The van der Waals surface area contributed by atoms with Crippen LogP contribution in [0.5, 0.6) is 5.75 Å². The summed E-state index contributed by atoms with van der Waals surface area (Å²) in [5, 5.41) is 9.63. The summed E-state index contributed by atoms with van der Waals surface area (Å²) in [5.74, 6) is 0.805. The van der Waals surface area contributed by atoms with Crippen LogP contribution in [0.3, 0.4) is 0 Å². The molecule has 3 nitrogen and oxygen atoms in total. The molecule has 0 spiro atoms. The first-order chi connectivity index (χ1) is 7.74. The van der Waals surface area contributed by atoms with Gasteiger partial charge >= 0.3 is 0 Å². The van der Waals surface area contributed by atoms with Crippen molar-refractivity contribution in [3.63, 3.8) is 0 Å². The summed E-state index contributed by atoms with van der Waals surface area (Å²) in [6.07, 6.45) is 0. The van der Waals surface area contributed by atoms with Gasteiger partial charge in [-0.05, 0) is 40.2 Å². The van der Waals surface area contributed by atoms with Crippen molar-refractivity contribution in [1.82, 2.24) is 4.98 Å². The zero-order valence-electron chi connectivity index (χ0n) is 8.40. The normalized spacial score (nSPS) is 9.81. The first-order valence-corrected chi connectivity index (χ1v) is 6.06. The first kappa shape index (κ1) is 11.1. The Labute approximate surface area is 105 Å². The molecule has 0 N–H and O–H groups in total. The molecule has 0 unspecified atom stereocenters. The third-order valence-electron chi connectivity index (χ3n) is 2.03. The predicted octanol–water partition coefficient (Wildman–Crippen LogP) is 3.45. The van der Waals surface area contributed by atoms with Crippen molar-refractivity contribution in [2.24, 2.45) is 0 Å². The average Bonchev–Trinajstić information content (AvgIpc) is 2.71. The van der Waals surface area contributed by atoms with E-state index in [0.29, 0.717) is 5.69 Å². The standard InChI is InChI=1S/C11H7BrN2OS/c1-15-8-4-2-7(3-5-8)11-14-9(6-13)10(12)16-11/h2-5H,1H3. The molecule has 2 rings (SSSR count). The van der Waals surface area contributed by atoms with E-state index in [0.717, 1.165) is 20.1 Å². The number of nitrogens with zero attached hydrogens (tertiary/aromatic N) is 2. The molecular weight excluding hydrogens is 288 g/mol. The second-order valence-electron chi connectivity index (χ2n) is 2.98. The highest BCUT2D eigenvalue weighted by atomic mass is 79.9. The maximum Gasteiger partial charge on any atom is 0.166 e. The molecule has 0 bridgehead atoms. The van der Waals surface area contributed by atoms with Gasteiger partial charge in [-0.3, -0.25) is 0 Å². The van der Waals surface area contributed by atoms with E-state index in [4.69, 9.17) is 10.00 Å². The summed E-state index contributed by atoms with van der Waals surface area (Å²) < 4.78 is 5.84. The van der Waals surface area contributed by atoms with Crippen LogP contribution >= 0.6 is 27.3 Å². The summed E-state index contributed by atoms with van der Waals surface area (Å²) >= 11 is 4.76. The van der Waals surface area contributed by atoms with Crippen LogP contribution in [0, 0.1) is 11.3 Å². The molecule has 1 aromatic carbocycles. The fraction of sp³-hybridized carbons (Fsp3) is 0.0909. The van der Waals surface area contributed by atoms with Crippen LogP contribution in [0.15, 0.2) is 28.1 Å². The van der Waals surface area contributed by atoms with Gasteiger partial charge in [-0.15, -0.1) is 11.3 Å². The van der Waals surface area contributed by atoms with E-state index in [1.165, 1.54) is 11.3 Å². The van der Waals surface area contributed by atoms with E-state index >= 15 is 0 Å². The zero-order chi connectivity index (χ0) is 11.5. The molecule has 0 saturated heterocycles. The van der Waals surface area contributed by atoms with Gasteiger partial charge in [0.2, 0.25) is 0 Å². The maximum absolute atomic E-state index is 8.81. The Morgan fingerprint density at radius 1 is 1.38 bits per heavy atom. The Bertz CT molecular complexity index is 542. The number of hydrogen-bond donors (Lipinski definition) is 0. The second kappa shape index (κ2) is 4.64. The number of nitriles is 1. The van der Waals surface area contributed by atoms with Gasteiger partial charge in [0.05, 0.1) is 7.11 Å². The quantitative estimate of drug-likeness (QED) is 0.852. The van der Waals surface area contributed by atoms with Crippen molar-refractivity contribution in [1.29, 1.82) is 5.26 Å². The average molecular weight is 295 g/mol. The molecule has 1 aromatic heterocycles. The van der Waals surface area contributed by atoms with Crippen LogP contribution < -0.4 is 4.74 Å². The number of rotatable bonds is 2. The zero-order valence-corrected chi connectivity index (χ0v) is 10.8. The molecule has 0 amide bonds. The van der Waals surface area contributed by atoms with Crippen LogP contribution in [0.2, 0.25) is 0 Å². The molecule has 0 aliphatic rings. The number of benzene rings is 1. The topological polar surface area (TPSA) is 45.9 Å². The summed E-state index contributed by atoms with van der Waals surface area (Å²) in [4.78, 5) is 4.22. The summed E-state index contributed by atoms with van der Waals surface area (Å²) in [6.45, 7) is 0. The summed E-state index contributed by atoms with van der Waals surface area (Å²) in [6, 6.07) is 9.62. The van der Waals surface area contributed by atoms with Crippen molar-refractivity contribution in [3.05, 3.63) is 33.7 Å². The minimum absolute atomic E-state index is 0.427. The number of halogens is 1. The fourth-order valence-electron chi connectivity index (χ4n) is 1.23. The third-order valence-corrected chi connectivity index (χ3v) is 3.78. The van der Waals surface area contributed by atoms with Gasteiger partial charge in [-0.1, -0.05) is 0 Å². The Kier molecular flexibility index (Phi) is 3.22. The van der Waals surface area contributed by atoms with Crippen LogP contribution in [-0.4, -0.2) is 12.1 Å². The van der Waals surface area contributed by atoms with Crippen LogP contribution in [0.25, 0.3) is 10.6 Å². The van der Waals surface area contributed by atoms with Crippen molar-refractivity contribution in [2.75, 3.05) is 7.11 Å². The van der Waals surface area contributed by atoms with Gasteiger partial charge in [0.1, 0.15) is 20.6 Å². The van der Waals surface area contributed by atoms with Gasteiger partial charge in [-0.2, -0.15) is 5.26 Å². The largest absolute Gasteiger partial charge is 0.497 e. The number of methoxy groups -OCH3 is 1. The van der Waals surface area contributed by atoms with Crippen LogP contribution in [-0.2, 0) is 0 Å². The number of thiazole rings is 1. The smallest absolute Gasteiger partial charge is 0.166 e. The van der Waals surface area contributed by atoms with Crippen molar-refractivity contribution in [2.45, 2.75) is 0 Å². The lowest BCUT2D eigenvalue weighted by atomic mass is 10.2. The van der Waals surface area contributed by atoms with Gasteiger partial charge in [-0.25, -0.2) is 4.98 Å². The van der Waals surface area contributed by atoms with Gasteiger partial charge in [0.15, 0.2) is 5.69 Å². The van der Waals surface area contributed by atoms with E-state index < -0.39 is 0 Å². The highest BCUT2D eigenvalue weighted by Crippen LogP contribution is 2.32. The Balaban J connectivity index is 2.39. The lowest BCUT2D eigenvalue weighted by Gasteiger charge is -1.99. The maximum atomic E-state index is 8.81. The summed E-state index contributed by atoms with van der Waals surface area (Å²) in [5.41, 5.74) is 1.41. The van der Waals surface area contributed by atoms with E-state index in [2.05, 4.69) is 20.9 Å². The van der Waals surface area contributed by atoms with Crippen LogP contribution in [0.4, 0.5) is 0 Å². The molecule has 0 aliphatic carbocycles. The molecule has 80 valence electrons. The molecule has 0 radical (unpaired) electrons. The predicted molar refractivity (Wildman–Crippen MR) is 66.5 cm³/mol. The lowest BCUT2D eigenvalue weighted by Crippen LogP contribution is -1.82. The first-order valence-electron chi connectivity index (χ1n) is 4.45. The molecule has 5 heteroatoms. The monoisotopic (exact) mass is 294 g/mol. The molecule has 0 atom stereocenters. The Morgan fingerprint density at radius 2 is 2.06 bits per heavy atom. The van der Waals surface area contributed by atoms with E-state index in [-0.39, 0.29) is 0 Å². The minimum Gasteiger partial charge on any atom is -0.497 e. The molecule has 16 heavy (non-hydrogen) atoms. The van der Waals surface area contributed by atoms with Gasteiger partial charge < -0.3 is 4.74 Å². The van der Waals surface area contributed by atoms with E-state index in [1.807, 2.05) is 30.3 Å². The molecular formula is C11H7BrN2OS. The highest BCUT2D eigenvalue weighted by Gasteiger charge is 2.09. The Morgan fingerprint density at radius 3 is 2.56 bits per heavy atom. The molecule has 0 saturated carbocycles.